The van der Waals surface area contributed by atoms with E-state index < -0.39 is 0 Å². The smallest absolute Gasteiger partial charge is 0.0717 e. The molecule has 0 saturated heterocycles. The summed E-state index contributed by atoms with van der Waals surface area (Å²) >= 11 is 8.02. The van der Waals surface area contributed by atoms with Crippen molar-refractivity contribution in [3.63, 3.8) is 0 Å². The van der Waals surface area contributed by atoms with E-state index in [1.54, 1.807) is 11.8 Å². The average Bonchev–Trinajstić information content (AvgIpc) is 2.86. The van der Waals surface area contributed by atoms with Crippen molar-refractivity contribution in [1.82, 2.24) is 4.98 Å². The molecule has 2 aromatic carbocycles. The first-order valence-electron chi connectivity index (χ1n) is 7.72. The number of hydrogen-bond acceptors (Lipinski definition) is 2. The quantitative estimate of drug-likeness (QED) is 0.602. The van der Waals surface area contributed by atoms with Gasteiger partial charge in [0.15, 0.2) is 0 Å². The topological polar surface area (TPSA) is 25.0 Å². The van der Waals surface area contributed by atoms with Gasteiger partial charge in [-0.2, -0.15) is 0 Å². The maximum absolute atomic E-state index is 6.24. The molecule has 1 heterocycles. The SMILES string of the molecule is CCOCc1cccc(Sc2c(C)[nH]c3c(C)c(Cl)ccc23)c1. The summed E-state index contributed by atoms with van der Waals surface area (Å²) in [7, 11) is 0. The van der Waals surface area contributed by atoms with Gasteiger partial charge in [-0.1, -0.05) is 41.6 Å². The number of halogens is 1. The van der Waals surface area contributed by atoms with Crippen molar-refractivity contribution in [2.24, 2.45) is 0 Å². The highest BCUT2D eigenvalue weighted by Crippen LogP contribution is 2.38. The number of rotatable bonds is 5. The van der Waals surface area contributed by atoms with Gasteiger partial charge in [0, 0.05) is 32.5 Å². The van der Waals surface area contributed by atoms with E-state index in [4.69, 9.17) is 16.3 Å². The van der Waals surface area contributed by atoms with Crippen LogP contribution < -0.4 is 0 Å². The number of aromatic nitrogens is 1. The van der Waals surface area contributed by atoms with Gasteiger partial charge in [0.2, 0.25) is 0 Å². The molecule has 0 saturated carbocycles. The molecule has 0 aliphatic carbocycles. The third-order valence-corrected chi connectivity index (χ3v) is 5.52. The first-order valence-corrected chi connectivity index (χ1v) is 8.91. The minimum Gasteiger partial charge on any atom is -0.377 e. The summed E-state index contributed by atoms with van der Waals surface area (Å²) in [6, 6.07) is 12.6. The van der Waals surface area contributed by atoms with Crippen LogP contribution in [0.25, 0.3) is 10.9 Å². The fourth-order valence-electron chi connectivity index (χ4n) is 2.65. The molecule has 0 spiro atoms. The van der Waals surface area contributed by atoms with Gasteiger partial charge < -0.3 is 9.72 Å². The predicted molar refractivity (Wildman–Crippen MR) is 98.7 cm³/mol. The number of aromatic amines is 1. The van der Waals surface area contributed by atoms with Crippen LogP contribution >= 0.6 is 23.4 Å². The van der Waals surface area contributed by atoms with Gasteiger partial charge in [-0.3, -0.25) is 0 Å². The Kier molecular flexibility index (Phi) is 5.00. The summed E-state index contributed by atoms with van der Waals surface area (Å²) in [5, 5.41) is 2.03. The van der Waals surface area contributed by atoms with E-state index in [9.17, 15) is 0 Å². The molecule has 1 N–H and O–H groups in total. The van der Waals surface area contributed by atoms with Crippen LogP contribution in [0.15, 0.2) is 46.2 Å². The van der Waals surface area contributed by atoms with Crippen molar-refractivity contribution in [2.75, 3.05) is 6.61 Å². The van der Waals surface area contributed by atoms with Crippen molar-refractivity contribution < 1.29 is 4.74 Å². The average molecular weight is 346 g/mol. The number of aryl methyl sites for hydroxylation is 2. The van der Waals surface area contributed by atoms with E-state index in [1.807, 2.05) is 13.0 Å². The molecular formula is C19H20ClNOS. The van der Waals surface area contributed by atoms with Gasteiger partial charge in [-0.25, -0.2) is 0 Å². The van der Waals surface area contributed by atoms with E-state index >= 15 is 0 Å². The lowest BCUT2D eigenvalue weighted by Gasteiger charge is -2.06. The monoisotopic (exact) mass is 345 g/mol. The number of ether oxygens (including phenoxy) is 1. The van der Waals surface area contributed by atoms with Crippen molar-refractivity contribution in [2.45, 2.75) is 37.2 Å². The largest absolute Gasteiger partial charge is 0.377 e. The Morgan fingerprint density at radius 1 is 1.17 bits per heavy atom. The van der Waals surface area contributed by atoms with Crippen LogP contribution in [0.2, 0.25) is 5.02 Å². The molecule has 0 amide bonds. The summed E-state index contributed by atoms with van der Waals surface area (Å²) in [6.45, 7) is 7.57. The third kappa shape index (κ3) is 3.42. The maximum Gasteiger partial charge on any atom is 0.0717 e. The molecule has 120 valence electrons. The lowest BCUT2D eigenvalue weighted by Crippen LogP contribution is -1.91. The Labute approximate surface area is 146 Å². The molecular weight excluding hydrogens is 326 g/mol. The Balaban J connectivity index is 1.96. The molecule has 3 aromatic rings. The molecule has 23 heavy (non-hydrogen) atoms. The van der Waals surface area contributed by atoms with E-state index in [-0.39, 0.29) is 0 Å². The van der Waals surface area contributed by atoms with Crippen LogP contribution in [0.4, 0.5) is 0 Å². The van der Waals surface area contributed by atoms with Crippen molar-refractivity contribution in [3.05, 3.63) is 58.2 Å². The molecule has 0 unspecified atom stereocenters. The van der Waals surface area contributed by atoms with Crippen LogP contribution in [-0.2, 0) is 11.3 Å². The van der Waals surface area contributed by atoms with E-state index in [0.717, 1.165) is 22.7 Å². The van der Waals surface area contributed by atoms with Gasteiger partial charge in [0.25, 0.3) is 0 Å². The molecule has 0 radical (unpaired) electrons. The van der Waals surface area contributed by atoms with Gasteiger partial charge in [-0.05, 0) is 50.1 Å². The first-order chi connectivity index (χ1) is 11.1. The second-order valence-electron chi connectivity index (χ2n) is 5.56. The summed E-state index contributed by atoms with van der Waals surface area (Å²) in [5.74, 6) is 0. The Hall–Kier alpha value is -1.42. The Bertz CT molecular complexity index is 841. The van der Waals surface area contributed by atoms with Crippen LogP contribution in [0.3, 0.4) is 0 Å². The van der Waals surface area contributed by atoms with Crippen LogP contribution in [0, 0.1) is 13.8 Å². The molecule has 4 heteroatoms. The lowest BCUT2D eigenvalue weighted by atomic mass is 10.2. The summed E-state index contributed by atoms with van der Waals surface area (Å²) in [4.78, 5) is 5.95. The zero-order valence-corrected chi connectivity index (χ0v) is 15.1. The van der Waals surface area contributed by atoms with Gasteiger partial charge >= 0.3 is 0 Å². The molecule has 0 atom stereocenters. The zero-order chi connectivity index (χ0) is 16.4. The van der Waals surface area contributed by atoms with E-state index in [2.05, 4.69) is 49.2 Å². The fraction of sp³-hybridized carbons (Fsp3) is 0.263. The summed E-state index contributed by atoms with van der Waals surface area (Å²) in [6.07, 6.45) is 0. The van der Waals surface area contributed by atoms with Gasteiger partial charge in [0.05, 0.1) is 12.1 Å². The standard InChI is InChI=1S/C19H20ClNOS/c1-4-22-11-14-6-5-7-15(10-14)23-19-13(3)21-18-12(2)17(20)9-8-16(18)19/h5-10,21H,4,11H2,1-3H3. The highest BCUT2D eigenvalue weighted by Gasteiger charge is 2.13. The number of H-pyrrole nitrogens is 1. The van der Waals surface area contributed by atoms with E-state index in [0.29, 0.717) is 6.61 Å². The minimum atomic E-state index is 0.659. The molecule has 3 rings (SSSR count). The van der Waals surface area contributed by atoms with E-state index in [1.165, 1.54) is 26.4 Å². The molecule has 2 nitrogen and oxygen atoms in total. The maximum atomic E-state index is 6.24. The van der Waals surface area contributed by atoms with Crippen LogP contribution in [0.1, 0.15) is 23.7 Å². The highest BCUT2D eigenvalue weighted by molar-refractivity contribution is 7.99. The summed E-state index contributed by atoms with van der Waals surface area (Å²) < 4.78 is 5.50. The fourth-order valence-corrected chi connectivity index (χ4v) is 3.89. The second-order valence-corrected chi connectivity index (χ2v) is 7.05. The number of nitrogens with one attached hydrogen (secondary N) is 1. The lowest BCUT2D eigenvalue weighted by molar-refractivity contribution is 0.134. The predicted octanol–water partition coefficient (Wildman–Crippen LogP) is 6.13. The highest BCUT2D eigenvalue weighted by atomic mass is 35.5. The molecule has 0 aliphatic heterocycles. The van der Waals surface area contributed by atoms with Crippen LogP contribution in [0.5, 0.6) is 0 Å². The summed E-state index contributed by atoms with van der Waals surface area (Å²) in [5.41, 5.74) is 4.60. The number of benzene rings is 2. The normalized spacial score (nSPS) is 11.3. The molecule has 0 aliphatic rings. The number of fused-ring (bicyclic) bond motifs is 1. The van der Waals surface area contributed by atoms with Gasteiger partial charge in [0.1, 0.15) is 0 Å². The van der Waals surface area contributed by atoms with Crippen molar-refractivity contribution in [1.29, 1.82) is 0 Å². The van der Waals surface area contributed by atoms with Crippen LogP contribution in [-0.4, -0.2) is 11.6 Å². The van der Waals surface area contributed by atoms with Gasteiger partial charge in [-0.15, -0.1) is 0 Å². The Morgan fingerprint density at radius 2 is 2.00 bits per heavy atom. The second kappa shape index (κ2) is 7.00. The van der Waals surface area contributed by atoms with Crippen molar-refractivity contribution in [3.8, 4) is 0 Å². The van der Waals surface area contributed by atoms with Crippen molar-refractivity contribution >= 4 is 34.3 Å². The third-order valence-electron chi connectivity index (χ3n) is 3.89. The first kappa shape index (κ1) is 16.4. The zero-order valence-electron chi connectivity index (χ0n) is 13.6. The molecule has 0 fully saturated rings. The minimum absolute atomic E-state index is 0.659. The molecule has 0 bridgehead atoms. The Morgan fingerprint density at radius 3 is 2.78 bits per heavy atom. The number of hydrogen-bond donors (Lipinski definition) is 1. The molecule has 1 aromatic heterocycles.